The third kappa shape index (κ3) is 8.22. The molecule has 0 aliphatic rings. The van der Waals surface area contributed by atoms with E-state index in [1.54, 1.807) is 18.4 Å². The first-order valence-electron chi connectivity index (χ1n) is 5.61. The molecular weight excluding hydrogens is 272 g/mol. The van der Waals surface area contributed by atoms with Crippen LogP contribution in [0.5, 0.6) is 0 Å². The summed E-state index contributed by atoms with van der Waals surface area (Å²) in [6.45, 7) is 1.79. The molecule has 0 aromatic rings. The number of amides is 1. The van der Waals surface area contributed by atoms with Gasteiger partial charge in [-0.3, -0.25) is 9.59 Å². The summed E-state index contributed by atoms with van der Waals surface area (Å²) in [5.41, 5.74) is 5.48. The van der Waals surface area contributed by atoms with E-state index in [9.17, 15) is 14.4 Å². The van der Waals surface area contributed by atoms with Crippen LogP contribution in [0.2, 0.25) is 0 Å². The Morgan fingerprint density at radius 2 is 2.00 bits per heavy atom. The van der Waals surface area contributed by atoms with Crippen LogP contribution in [-0.2, 0) is 14.4 Å². The third-order valence-electron chi connectivity index (χ3n) is 2.12. The summed E-state index contributed by atoms with van der Waals surface area (Å²) in [6.07, 6.45) is 1.49. The predicted molar refractivity (Wildman–Crippen MR) is 71.7 cm³/mol. The molecule has 0 heterocycles. The molecule has 0 aliphatic heterocycles. The van der Waals surface area contributed by atoms with E-state index in [0.29, 0.717) is 0 Å². The molecule has 0 aromatic carbocycles. The van der Waals surface area contributed by atoms with Crippen LogP contribution < -0.4 is 11.1 Å². The van der Waals surface area contributed by atoms with Crippen molar-refractivity contribution in [2.45, 2.75) is 31.8 Å². The molecule has 0 fully saturated rings. The standard InChI is InChI=1S/C11H18N2O5S/c1-2-5-19-6-8(11(17)18)13-10(16)7(12)3-4-9(14)15/h2,5,7-8H,3-4,6,12H2,1H3,(H,13,16)(H,14,15)(H,17,18)/t7-,8-/m0/s1. The quantitative estimate of drug-likeness (QED) is 0.470. The Morgan fingerprint density at radius 1 is 1.37 bits per heavy atom. The molecule has 0 aromatic heterocycles. The monoisotopic (exact) mass is 290 g/mol. The molecule has 7 nitrogen and oxygen atoms in total. The van der Waals surface area contributed by atoms with Gasteiger partial charge in [-0.05, 0) is 18.8 Å². The van der Waals surface area contributed by atoms with E-state index in [4.69, 9.17) is 15.9 Å². The molecule has 0 spiro atoms. The number of carbonyl (C=O) groups excluding carboxylic acids is 1. The van der Waals surface area contributed by atoms with Crippen molar-refractivity contribution < 1.29 is 24.6 Å². The predicted octanol–water partition coefficient (Wildman–Crippen LogP) is 0.0147. The van der Waals surface area contributed by atoms with Gasteiger partial charge in [-0.25, -0.2) is 4.79 Å². The first-order chi connectivity index (χ1) is 8.88. The van der Waals surface area contributed by atoms with E-state index in [0.717, 1.165) is 0 Å². The molecular formula is C11H18N2O5S. The highest BCUT2D eigenvalue weighted by atomic mass is 32.2. The Kier molecular flexibility index (Phi) is 8.64. The lowest BCUT2D eigenvalue weighted by Gasteiger charge is -2.16. The van der Waals surface area contributed by atoms with Crippen LogP contribution >= 0.6 is 11.8 Å². The third-order valence-corrected chi connectivity index (χ3v) is 3.11. The van der Waals surface area contributed by atoms with E-state index in [1.165, 1.54) is 11.8 Å². The molecule has 2 atom stereocenters. The zero-order chi connectivity index (χ0) is 14.8. The second-order valence-electron chi connectivity index (χ2n) is 3.74. The van der Waals surface area contributed by atoms with E-state index >= 15 is 0 Å². The van der Waals surface area contributed by atoms with Crippen LogP contribution in [-0.4, -0.2) is 45.9 Å². The Hall–Kier alpha value is -1.54. The highest BCUT2D eigenvalue weighted by Crippen LogP contribution is 2.05. The van der Waals surface area contributed by atoms with Gasteiger partial charge in [0.25, 0.3) is 0 Å². The maximum atomic E-state index is 11.6. The molecule has 108 valence electrons. The van der Waals surface area contributed by atoms with Gasteiger partial charge in [0.2, 0.25) is 5.91 Å². The van der Waals surface area contributed by atoms with Crippen molar-refractivity contribution >= 4 is 29.6 Å². The number of nitrogens with one attached hydrogen (secondary N) is 1. The lowest BCUT2D eigenvalue weighted by atomic mass is 10.1. The van der Waals surface area contributed by atoms with E-state index in [2.05, 4.69) is 5.32 Å². The summed E-state index contributed by atoms with van der Waals surface area (Å²) >= 11 is 1.25. The van der Waals surface area contributed by atoms with Crippen LogP contribution in [0, 0.1) is 0 Å². The molecule has 0 saturated carbocycles. The number of carbonyl (C=O) groups is 3. The SMILES string of the molecule is CC=CSC[C@H](NC(=O)[C@@H](N)CCC(=O)O)C(=O)O. The van der Waals surface area contributed by atoms with Gasteiger partial charge in [0.15, 0.2) is 0 Å². The minimum absolute atomic E-state index is 0.0322. The second-order valence-corrected chi connectivity index (χ2v) is 4.68. The Labute approximate surface area is 115 Å². The highest BCUT2D eigenvalue weighted by molar-refractivity contribution is 8.02. The van der Waals surface area contributed by atoms with Crippen molar-refractivity contribution in [3.8, 4) is 0 Å². The average molecular weight is 290 g/mol. The molecule has 0 saturated heterocycles. The van der Waals surface area contributed by atoms with E-state index in [-0.39, 0.29) is 18.6 Å². The largest absolute Gasteiger partial charge is 0.481 e. The number of thioether (sulfide) groups is 1. The second kappa shape index (κ2) is 9.40. The maximum Gasteiger partial charge on any atom is 0.327 e. The molecule has 5 N–H and O–H groups in total. The highest BCUT2D eigenvalue weighted by Gasteiger charge is 2.23. The summed E-state index contributed by atoms with van der Waals surface area (Å²) in [5.74, 6) is -2.69. The molecule has 1 amide bonds. The minimum Gasteiger partial charge on any atom is -0.481 e. The minimum atomic E-state index is -1.16. The van der Waals surface area contributed by atoms with Crippen LogP contribution in [0.4, 0.5) is 0 Å². The fourth-order valence-electron chi connectivity index (χ4n) is 1.11. The number of nitrogens with two attached hydrogens (primary N) is 1. The van der Waals surface area contributed by atoms with Gasteiger partial charge in [-0.1, -0.05) is 6.08 Å². The maximum absolute atomic E-state index is 11.6. The number of hydrogen-bond acceptors (Lipinski definition) is 5. The summed E-state index contributed by atoms with van der Waals surface area (Å²) in [6, 6.07) is -2.07. The summed E-state index contributed by atoms with van der Waals surface area (Å²) in [4.78, 5) is 32.9. The van der Waals surface area contributed by atoms with E-state index < -0.39 is 29.9 Å². The molecule has 0 rings (SSSR count). The Bertz CT molecular complexity index is 359. The van der Waals surface area contributed by atoms with Crippen molar-refractivity contribution in [1.82, 2.24) is 5.32 Å². The number of hydrogen-bond donors (Lipinski definition) is 4. The Balaban J connectivity index is 4.29. The first-order valence-corrected chi connectivity index (χ1v) is 6.66. The lowest BCUT2D eigenvalue weighted by molar-refractivity contribution is -0.141. The molecule has 0 unspecified atom stereocenters. The number of allylic oxidation sites excluding steroid dienone is 1. The molecule has 19 heavy (non-hydrogen) atoms. The number of carboxylic acid groups (broad SMARTS) is 2. The van der Waals surface area contributed by atoms with Crippen molar-refractivity contribution in [2.24, 2.45) is 5.73 Å². The van der Waals surface area contributed by atoms with Crippen LogP contribution in [0.3, 0.4) is 0 Å². The van der Waals surface area contributed by atoms with Gasteiger partial charge in [0.1, 0.15) is 6.04 Å². The van der Waals surface area contributed by atoms with Crippen LogP contribution in [0.1, 0.15) is 19.8 Å². The zero-order valence-electron chi connectivity index (χ0n) is 10.5. The summed E-state index contributed by atoms with van der Waals surface area (Å²) in [5, 5.41) is 21.4. The molecule has 0 bridgehead atoms. The van der Waals surface area contributed by atoms with Gasteiger partial charge in [0, 0.05) is 12.2 Å². The Morgan fingerprint density at radius 3 is 2.47 bits per heavy atom. The smallest absolute Gasteiger partial charge is 0.327 e. The van der Waals surface area contributed by atoms with Crippen molar-refractivity contribution in [1.29, 1.82) is 0 Å². The van der Waals surface area contributed by atoms with Gasteiger partial charge in [-0.2, -0.15) is 0 Å². The topological polar surface area (TPSA) is 130 Å². The van der Waals surface area contributed by atoms with E-state index in [1.807, 2.05) is 0 Å². The van der Waals surface area contributed by atoms with Gasteiger partial charge < -0.3 is 21.3 Å². The molecule has 0 radical (unpaired) electrons. The summed E-state index contributed by atoms with van der Waals surface area (Å²) in [7, 11) is 0. The normalized spacial score (nSPS) is 14.0. The van der Waals surface area contributed by atoms with Gasteiger partial charge in [0.05, 0.1) is 6.04 Å². The zero-order valence-corrected chi connectivity index (χ0v) is 11.4. The van der Waals surface area contributed by atoms with Crippen LogP contribution in [0.25, 0.3) is 0 Å². The van der Waals surface area contributed by atoms with Crippen molar-refractivity contribution in [2.75, 3.05) is 5.75 Å². The lowest BCUT2D eigenvalue weighted by Crippen LogP contribution is -2.49. The molecule has 8 heteroatoms. The first kappa shape index (κ1) is 17.5. The average Bonchev–Trinajstić information content (AvgIpc) is 2.34. The number of aliphatic carboxylic acids is 2. The fourth-order valence-corrected chi connectivity index (χ4v) is 1.83. The number of rotatable bonds is 9. The van der Waals surface area contributed by atoms with Crippen LogP contribution in [0.15, 0.2) is 11.5 Å². The van der Waals surface area contributed by atoms with Crippen molar-refractivity contribution in [3.05, 3.63) is 11.5 Å². The van der Waals surface area contributed by atoms with Crippen molar-refractivity contribution in [3.63, 3.8) is 0 Å². The van der Waals surface area contributed by atoms with Gasteiger partial charge >= 0.3 is 11.9 Å². The number of carboxylic acids is 2. The summed E-state index contributed by atoms with van der Waals surface area (Å²) < 4.78 is 0. The fraction of sp³-hybridized carbons (Fsp3) is 0.545. The molecule has 0 aliphatic carbocycles. The van der Waals surface area contributed by atoms with Gasteiger partial charge in [-0.15, -0.1) is 11.8 Å².